The van der Waals surface area contributed by atoms with Crippen LogP contribution in [0.3, 0.4) is 0 Å². The number of rotatable bonds is 6. The van der Waals surface area contributed by atoms with Crippen molar-refractivity contribution in [3.8, 4) is 0 Å². The van der Waals surface area contributed by atoms with Gasteiger partial charge in [-0.3, -0.25) is 14.4 Å². The number of fused-ring (bicyclic) bond motifs is 1. The van der Waals surface area contributed by atoms with Crippen molar-refractivity contribution in [2.75, 3.05) is 6.54 Å². The van der Waals surface area contributed by atoms with Crippen molar-refractivity contribution in [3.63, 3.8) is 0 Å². The van der Waals surface area contributed by atoms with Crippen molar-refractivity contribution >= 4 is 23.6 Å². The van der Waals surface area contributed by atoms with Gasteiger partial charge in [-0.25, -0.2) is 4.79 Å². The highest BCUT2D eigenvalue weighted by atomic mass is 16.6. The molecule has 0 bridgehead atoms. The second-order valence-corrected chi connectivity index (χ2v) is 10.1. The Morgan fingerprint density at radius 1 is 0.939 bits per heavy atom. The number of amides is 2. The first-order valence-electron chi connectivity index (χ1n) is 10.9. The highest BCUT2D eigenvalue weighted by Crippen LogP contribution is 2.25. The summed E-state index contributed by atoms with van der Waals surface area (Å²) >= 11 is 0. The maximum Gasteiger partial charge on any atom is 0.408 e. The van der Waals surface area contributed by atoms with Crippen LogP contribution >= 0.6 is 0 Å². The van der Waals surface area contributed by atoms with E-state index in [0.29, 0.717) is 11.1 Å². The summed E-state index contributed by atoms with van der Waals surface area (Å²) < 4.78 is 11.2. The van der Waals surface area contributed by atoms with Gasteiger partial charge in [0, 0.05) is 28.8 Å². The van der Waals surface area contributed by atoms with Crippen LogP contribution in [0.5, 0.6) is 0 Å². The molecular weight excluding hydrogens is 424 g/mol. The number of carbonyl (C=O) groups is 4. The molecule has 2 N–H and O–H groups in total. The fourth-order valence-corrected chi connectivity index (χ4v) is 3.51. The molecule has 0 spiro atoms. The molecule has 0 heterocycles. The largest absolute Gasteiger partial charge is 0.444 e. The Bertz CT molecular complexity index is 981. The third-order valence-corrected chi connectivity index (χ3v) is 4.89. The summed E-state index contributed by atoms with van der Waals surface area (Å²) in [6, 6.07) is 5.51. The number of Topliss-reactive ketones (excluding diaryl/α,β-unsaturated/α-hetero) is 2. The molecule has 1 aromatic rings. The quantitative estimate of drug-likeness (QED) is 0.674. The van der Waals surface area contributed by atoms with Crippen LogP contribution in [0.2, 0.25) is 0 Å². The molecule has 1 aliphatic rings. The zero-order chi connectivity index (χ0) is 25.1. The number of ketones is 2. The number of benzene rings is 1. The van der Waals surface area contributed by atoms with E-state index in [0.717, 1.165) is 0 Å². The van der Waals surface area contributed by atoms with E-state index in [4.69, 9.17) is 9.47 Å². The summed E-state index contributed by atoms with van der Waals surface area (Å²) in [5.74, 6) is -1.11. The molecule has 8 nitrogen and oxygen atoms in total. The molecule has 0 fully saturated rings. The van der Waals surface area contributed by atoms with E-state index in [1.165, 1.54) is 0 Å². The Morgan fingerprint density at radius 3 is 2.00 bits per heavy atom. The maximum absolute atomic E-state index is 13.1. The van der Waals surface area contributed by atoms with Gasteiger partial charge in [0.1, 0.15) is 11.6 Å². The van der Waals surface area contributed by atoms with Gasteiger partial charge in [0.15, 0.2) is 11.6 Å². The molecule has 0 aromatic heterocycles. The van der Waals surface area contributed by atoms with Crippen molar-refractivity contribution in [2.45, 2.75) is 78.7 Å². The Labute approximate surface area is 195 Å². The average molecular weight is 459 g/mol. The van der Waals surface area contributed by atoms with Crippen molar-refractivity contribution in [1.29, 1.82) is 0 Å². The topological polar surface area (TPSA) is 111 Å². The number of nitrogens with one attached hydrogen (secondary N) is 2. The standard InChI is InChI=1S/C25H34N2O6/c1-14-18(21(29)17-12-10-9-11-16(17)20(14)28)13-26-22(30)19(15(2)32-24(3,4)5)27-23(31)33-25(6,7)8/h9-12,15,19H,13H2,1-8H3,(H,26,30)(H,27,31). The van der Waals surface area contributed by atoms with Crippen LogP contribution in [0.25, 0.3) is 0 Å². The predicted molar refractivity (Wildman–Crippen MR) is 124 cm³/mol. The maximum atomic E-state index is 13.1. The minimum absolute atomic E-state index is 0.154. The van der Waals surface area contributed by atoms with Gasteiger partial charge in [0.25, 0.3) is 0 Å². The summed E-state index contributed by atoms with van der Waals surface area (Å²) in [5, 5.41) is 5.24. The number of carbonyl (C=O) groups excluding carboxylic acids is 4. The lowest BCUT2D eigenvalue weighted by Gasteiger charge is -2.31. The van der Waals surface area contributed by atoms with Gasteiger partial charge in [-0.2, -0.15) is 0 Å². The van der Waals surface area contributed by atoms with Gasteiger partial charge in [0.05, 0.1) is 11.7 Å². The van der Waals surface area contributed by atoms with Gasteiger partial charge in [-0.1, -0.05) is 24.3 Å². The van der Waals surface area contributed by atoms with Gasteiger partial charge in [-0.05, 0) is 55.4 Å². The Balaban J connectivity index is 2.21. The summed E-state index contributed by atoms with van der Waals surface area (Å²) in [5.41, 5.74) is -0.148. The van der Waals surface area contributed by atoms with Gasteiger partial charge >= 0.3 is 6.09 Å². The molecule has 180 valence electrons. The molecule has 0 aliphatic heterocycles. The Kier molecular flexibility index (Phi) is 7.85. The number of alkyl carbamates (subject to hydrolysis) is 1. The van der Waals surface area contributed by atoms with Crippen LogP contribution in [-0.2, 0) is 14.3 Å². The number of allylic oxidation sites excluding steroid dienone is 1. The van der Waals surface area contributed by atoms with E-state index in [2.05, 4.69) is 10.6 Å². The third-order valence-electron chi connectivity index (χ3n) is 4.89. The second kappa shape index (κ2) is 9.87. The van der Waals surface area contributed by atoms with Crippen LogP contribution in [0, 0.1) is 0 Å². The van der Waals surface area contributed by atoms with Crippen LogP contribution < -0.4 is 10.6 Å². The smallest absolute Gasteiger partial charge is 0.408 e. The van der Waals surface area contributed by atoms with Crippen LogP contribution in [0.4, 0.5) is 4.79 Å². The van der Waals surface area contributed by atoms with Crippen LogP contribution in [0.15, 0.2) is 35.4 Å². The van der Waals surface area contributed by atoms with Crippen molar-refractivity contribution < 1.29 is 28.7 Å². The number of ether oxygens (including phenoxy) is 2. The lowest BCUT2D eigenvalue weighted by atomic mass is 9.84. The highest BCUT2D eigenvalue weighted by Gasteiger charge is 2.34. The third kappa shape index (κ3) is 6.99. The molecule has 2 atom stereocenters. The zero-order valence-electron chi connectivity index (χ0n) is 20.6. The Morgan fingerprint density at radius 2 is 1.48 bits per heavy atom. The normalized spacial score (nSPS) is 16.1. The molecule has 2 unspecified atom stereocenters. The van der Waals surface area contributed by atoms with Crippen LogP contribution in [0.1, 0.15) is 76.1 Å². The molecule has 2 rings (SSSR count). The first kappa shape index (κ1) is 26.3. The zero-order valence-corrected chi connectivity index (χ0v) is 20.6. The minimum Gasteiger partial charge on any atom is -0.444 e. The van der Waals surface area contributed by atoms with E-state index in [1.54, 1.807) is 58.9 Å². The molecule has 1 aliphatic carbocycles. The summed E-state index contributed by atoms with van der Waals surface area (Å²) in [6.45, 7) is 13.7. The molecule has 2 amide bonds. The first-order chi connectivity index (χ1) is 15.1. The van der Waals surface area contributed by atoms with E-state index >= 15 is 0 Å². The van der Waals surface area contributed by atoms with Crippen molar-refractivity contribution in [1.82, 2.24) is 10.6 Å². The fourth-order valence-electron chi connectivity index (χ4n) is 3.51. The van der Waals surface area contributed by atoms with E-state index < -0.39 is 35.3 Å². The summed E-state index contributed by atoms with van der Waals surface area (Å²) in [7, 11) is 0. The summed E-state index contributed by atoms with van der Waals surface area (Å²) in [4.78, 5) is 51.0. The van der Waals surface area contributed by atoms with Gasteiger partial charge in [0.2, 0.25) is 5.91 Å². The van der Waals surface area contributed by atoms with E-state index in [-0.39, 0.29) is 29.3 Å². The molecule has 8 heteroatoms. The summed E-state index contributed by atoms with van der Waals surface area (Å²) in [6.07, 6.45) is -1.46. The fraction of sp³-hybridized carbons (Fsp3) is 0.520. The first-order valence-corrected chi connectivity index (χ1v) is 10.9. The number of hydrogen-bond donors (Lipinski definition) is 2. The van der Waals surface area contributed by atoms with E-state index in [9.17, 15) is 19.2 Å². The average Bonchev–Trinajstić information content (AvgIpc) is 2.67. The highest BCUT2D eigenvalue weighted by molar-refractivity contribution is 6.26. The van der Waals surface area contributed by atoms with Gasteiger partial charge in [-0.15, -0.1) is 0 Å². The molecular formula is C25H34N2O6. The lowest BCUT2D eigenvalue weighted by molar-refractivity contribution is -0.131. The van der Waals surface area contributed by atoms with Crippen molar-refractivity contribution in [2.24, 2.45) is 0 Å². The number of hydrogen-bond acceptors (Lipinski definition) is 6. The second-order valence-electron chi connectivity index (χ2n) is 10.1. The molecule has 0 radical (unpaired) electrons. The molecule has 0 saturated carbocycles. The van der Waals surface area contributed by atoms with Gasteiger partial charge < -0.3 is 20.1 Å². The lowest BCUT2D eigenvalue weighted by Crippen LogP contribution is -2.55. The molecule has 1 aromatic carbocycles. The monoisotopic (exact) mass is 458 g/mol. The van der Waals surface area contributed by atoms with Crippen molar-refractivity contribution in [3.05, 3.63) is 46.5 Å². The Hall–Kier alpha value is -3.00. The SMILES string of the molecule is CC1=C(CNC(=O)C(NC(=O)OC(C)(C)C)C(C)OC(C)(C)C)C(=O)c2ccccc2C1=O. The molecule has 0 saturated heterocycles. The minimum atomic E-state index is -1.08. The molecule has 33 heavy (non-hydrogen) atoms. The van der Waals surface area contributed by atoms with E-state index in [1.807, 2.05) is 20.8 Å². The van der Waals surface area contributed by atoms with Crippen LogP contribution in [-0.4, -0.2) is 53.5 Å². The predicted octanol–water partition coefficient (Wildman–Crippen LogP) is 3.60.